The van der Waals surface area contributed by atoms with Gasteiger partial charge in [0.2, 0.25) is 0 Å². The average molecular weight is 185 g/mol. The third-order valence-corrected chi connectivity index (χ3v) is 1.64. The maximum Gasteiger partial charge on any atom is 0.275 e. The molecule has 1 atom stereocenters. The van der Waals surface area contributed by atoms with Gasteiger partial charge in [-0.15, -0.1) is 0 Å². The van der Waals surface area contributed by atoms with E-state index >= 15 is 0 Å². The number of aliphatic hydroxyl groups is 1. The number of nitrogens with zero attached hydrogens (tertiary/aromatic N) is 1. The summed E-state index contributed by atoms with van der Waals surface area (Å²) in [5, 5.41) is 19.5. The molecule has 4 nitrogen and oxygen atoms in total. The molecule has 0 spiro atoms. The predicted octanol–water partition coefficient (Wildman–Crippen LogP) is 1.60. The summed E-state index contributed by atoms with van der Waals surface area (Å²) in [7, 11) is 0. The van der Waals surface area contributed by atoms with Gasteiger partial charge in [0.25, 0.3) is 5.69 Å². The van der Waals surface area contributed by atoms with Crippen LogP contribution in [0.5, 0.6) is 0 Å². The molecule has 0 aromatic heterocycles. The Morgan fingerprint density at radius 1 is 1.54 bits per heavy atom. The summed E-state index contributed by atoms with van der Waals surface area (Å²) in [5.41, 5.74) is -0.248. The maximum atomic E-state index is 12.0. The fourth-order valence-electron chi connectivity index (χ4n) is 1.02. The van der Waals surface area contributed by atoms with E-state index in [1.807, 2.05) is 0 Å². The molecule has 1 unspecified atom stereocenters. The first kappa shape index (κ1) is 9.60. The number of benzene rings is 1. The van der Waals surface area contributed by atoms with E-state index in [-0.39, 0.29) is 11.3 Å². The highest BCUT2D eigenvalue weighted by atomic mass is 19.1. The van der Waals surface area contributed by atoms with Crippen molar-refractivity contribution in [2.45, 2.75) is 6.10 Å². The van der Waals surface area contributed by atoms with Crippen LogP contribution in [-0.2, 0) is 0 Å². The number of para-hydroxylation sites is 1. The Hall–Kier alpha value is -1.49. The van der Waals surface area contributed by atoms with Crippen LogP contribution in [0, 0.1) is 10.1 Å². The zero-order chi connectivity index (χ0) is 9.84. The number of aliphatic hydroxyl groups excluding tert-OH is 1. The van der Waals surface area contributed by atoms with Gasteiger partial charge in [0.05, 0.1) is 10.5 Å². The third-order valence-electron chi connectivity index (χ3n) is 1.64. The SMILES string of the molecule is O=[N+]([O-])c1ccccc1C(O)CF. The highest BCUT2D eigenvalue weighted by Crippen LogP contribution is 2.24. The Balaban J connectivity index is 3.11. The molecule has 1 rings (SSSR count). The van der Waals surface area contributed by atoms with Gasteiger partial charge in [-0.05, 0) is 6.07 Å². The molecule has 0 aliphatic rings. The Labute approximate surface area is 73.8 Å². The minimum Gasteiger partial charge on any atom is -0.385 e. The number of nitro benzene ring substituents is 1. The van der Waals surface area contributed by atoms with E-state index in [1.165, 1.54) is 24.3 Å². The van der Waals surface area contributed by atoms with Crippen LogP contribution in [0.15, 0.2) is 24.3 Å². The molecule has 13 heavy (non-hydrogen) atoms. The molecule has 1 aromatic carbocycles. The van der Waals surface area contributed by atoms with E-state index in [9.17, 15) is 14.5 Å². The molecular formula is C8H8FNO3. The molecule has 0 heterocycles. The Bertz CT molecular complexity index is 316. The smallest absolute Gasteiger partial charge is 0.275 e. The fourth-order valence-corrected chi connectivity index (χ4v) is 1.02. The van der Waals surface area contributed by atoms with Crippen LogP contribution in [-0.4, -0.2) is 16.7 Å². The lowest BCUT2D eigenvalue weighted by Gasteiger charge is -2.05. The minimum absolute atomic E-state index is 0.00926. The van der Waals surface area contributed by atoms with Gasteiger partial charge in [0.1, 0.15) is 12.8 Å². The average Bonchev–Trinajstić information content (AvgIpc) is 2.16. The van der Waals surface area contributed by atoms with Crippen molar-refractivity contribution in [2.24, 2.45) is 0 Å². The predicted molar refractivity (Wildman–Crippen MR) is 44.0 cm³/mol. The summed E-state index contributed by atoms with van der Waals surface area (Å²) in [5.74, 6) is 0. The van der Waals surface area contributed by atoms with Crippen molar-refractivity contribution < 1.29 is 14.4 Å². The normalized spacial score (nSPS) is 12.5. The highest BCUT2D eigenvalue weighted by molar-refractivity contribution is 5.41. The molecule has 0 aliphatic heterocycles. The Morgan fingerprint density at radius 2 is 2.15 bits per heavy atom. The summed E-state index contributed by atoms with van der Waals surface area (Å²) in [4.78, 5) is 9.77. The molecular weight excluding hydrogens is 177 g/mol. The summed E-state index contributed by atoms with van der Waals surface area (Å²) in [6.45, 7) is -1.02. The van der Waals surface area contributed by atoms with Crippen molar-refractivity contribution in [3.63, 3.8) is 0 Å². The summed E-state index contributed by atoms with van der Waals surface area (Å²) in [6, 6.07) is 5.55. The van der Waals surface area contributed by atoms with Crippen molar-refractivity contribution in [3.8, 4) is 0 Å². The summed E-state index contributed by atoms with van der Waals surface area (Å²) >= 11 is 0. The fraction of sp³-hybridized carbons (Fsp3) is 0.250. The second kappa shape index (κ2) is 3.95. The van der Waals surface area contributed by atoms with E-state index in [0.29, 0.717) is 0 Å². The first-order valence-electron chi connectivity index (χ1n) is 3.64. The standard InChI is InChI=1S/C8H8FNO3/c9-5-8(11)6-3-1-2-4-7(6)10(12)13/h1-4,8,11H,5H2. The molecule has 0 saturated carbocycles. The quantitative estimate of drug-likeness (QED) is 0.574. The number of hydrogen-bond donors (Lipinski definition) is 1. The van der Waals surface area contributed by atoms with Crippen LogP contribution in [0.3, 0.4) is 0 Å². The van der Waals surface area contributed by atoms with Gasteiger partial charge in [0, 0.05) is 6.07 Å². The van der Waals surface area contributed by atoms with Crippen molar-refractivity contribution in [3.05, 3.63) is 39.9 Å². The van der Waals surface area contributed by atoms with Crippen molar-refractivity contribution in [1.82, 2.24) is 0 Å². The molecule has 0 radical (unpaired) electrons. The summed E-state index contributed by atoms with van der Waals surface area (Å²) < 4.78 is 12.0. The molecule has 5 heteroatoms. The van der Waals surface area contributed by atoms with E-state index < -0.39 is 17.7 Å². The number of halogens is 1. The van der Waals surface area contributed by atoms with Gasteiger partial charge < -0.3 is 5.11 Å². The number of nitro groups is 1. The van der Waals surface area contributed by atoms with Crippen molar-refractivity contribution in [1.29, 1.82) is 0 Å². The van der Waals surface area contributed by atoms with Gasteiger partial charge >= 0.3 is 0 Å². The van der Waals surface area contributed by atoms with E-state index in [4.69, 9.17) is 5.11 Å². The van der Waals surface area contributed by atoms with Gasteiger partial charge in [-0.1, -0.05) is 12.1 Å². The second-order valence-corrected chi connectivity index (χ2v) is 2.49. The second-order valence-electron chi connectivity index (χ2n) is 2.49. The molecule has 0 amide bonds. The lowest BCUT2D eigenvalue weighted by Crippen LogP contribution is -2.03. The van der Waals surface area contributed by atoms with Crippen molar-refractivity contribution >= 4 is 5.69 Å². The van der Waals surface area contributed by atoms with Crippen LogP contribution in [0.2, 0.25) is 0 Å². The van der Waals surface area contributed by atoms with Gasteiger partial charge in [-0.2, -0.15) is 0 Å². The topological polar surface area (TPSA) is 63.4 Å². The lowest BCUT2D eigenvalue weighted by molar-refractivity contribution is -0.386. The number of alkyl halides is 1. The molecule has 0 fully saturated rings. The van der Waals surface area contributed by atoms with Gasteiger partial charge in [-0.3, -0.25) is 10.1 Å². The largest absolute Gasteiger partial charge is 0.385 e. The minimum atomic E-state index is -1.42. The Kier molecular flexibility index (Phi) is 2.92. The van der Waals surface area contributed by atoms with E-state index in [1.54, 1.807) is 0 Å². The Morgan fingerprint density at radius 3 is 2.69 bits per heavy atom. The number of rotatable bonds is 3. The zero-order valence-electron chi connectivity index (χ0n) is 6.68. The highest BCUT2D eigenvalue weighted by Gasteiger charge is 2.18. The molecule has 0 saturated heterocycles. The van der Waals surface area contributed by atoms with Crippen LogP contribution >= 0.6 is 0 Å². The molecule has 70 valence electrons. The molecule has 0 bridgehead atoms. The zero-order valence-corrected chi connectivity index (χ0v) is 6.68. The van der Waals surface area contributed by atoms with Crippen LogP contribution in [0.4, 0.5) is 10.1 Å². The summed E-state index contributed by atoms with van der Waals surface area (Å²) in [6.07, 6.45) is -1.42. The monoisotopic (exact) mass is 185 g/mol. The van der Waals surface area contributed by atoms with E-state index in [2.05, 4.69) is 0 Å². The van der Waals surface area contributed by atoms with Crippen LogP contribution in [0.25, 0.3) is 0 Å². The number of hydrogen-bond acceptors (Lipinski definition) is 3. The first-order chi connectivity index (χ1) is 6.16. The first-order valence-corrected chi connectivity index (χ1v) is 3.64. The van der Waals surface area contributed by atoms with Crippen LogP contribution in [0.1, 0.15) is 11.7 Å². The van der Waals surface area contributed by atoms with Gasteiger partial charge in [-0.25, -0.2) is 4.39 Å². The third kappa shape index (κ3) is 2.00. The van der Waals surface area contributed by atoms with Gasteiger partial charge in [0.15, 0.2) is 0 Å². The van der Waals surface area contributed by atoms with E-state index in [0.717, 1.165) is 0 Å². The van der Waals surface area contributed by atoms with Crippen molar-refractivity contribution in [2.75, 3.05) is 6.67 Å². The molecule has 0 aliphatic carbocycles. The maximum absolute atomic E-state index is 12.0. The lowest BCUT2D eigenvalue weighted by atomic mass is 10.1. The van der Waals surface area contributed by atoms with Crippen LogP contribution < -0.4 is 0 Å². The molecule has 1 N–H and O–H groups in total. The molecule has 1 aromatic rings.